The molecule has 0 aliphatic carbocycles. The van der Waals surface area contributed by atoms with Crippen LogP contribution in [0.5, 0.6) is 0 Å². The summed E-state index contributed by atoms with van der Waals surface area (Å²) in [4.78, 5) is 11.7. The number of ether oxygens (including phenoxy) is 1. The summed E-state index contributed by atoms with van der Waals surface area (Å²) in [5, 5.41) is 6.14. The number of carbonyl (C=O) groups excluding carboxylic acids is 1. The minimum Gasteiger partial charge on any atom is -0.383 e. The summed E-state index contributed by atoms with van der Waals surface area (Å²) in [6.07, 6.45) is 0. The van der Waals surface area contributed by atoms with Gasteiger partial charge in [0, 0.05) is 25.3 Å². The van der Waals surface area contributed by atoms with Crippen molar-refractivity contribution in [1.82, 2.24) is 10.5 Å². The lowest BCUT2D eigenvalue weighted by atomic mass is 10.1. The van der Waals surface area contributed by atoms with E-state index < -0.39 is 17.5 Å². The molecule has 0 radical (unpaired) electrons. The maximum Gasteiger partial charge on any atom is 0.273 e. The van der Waals surface area contributed by atoms with Crippen LogP contribution in [0.25, 0.3) is 11.3 Å². The van der Waals surface area contributed by atoms with Gasteiger partial charge in [-0.3, -0.25) is 4.79 Å². The minimum absolute atomic E-state index is 0.0563. The van der Waals surface area contributed by atoms with Crippen LogP contribution >= 0.6 is 0 Å². The average Bonchev–Trinajstić information content (AvgIpc) is 2.92. The van der Waals surface area contributed by atoms with Gasteiger partial charge in [0.1, 0.15) is 0 Å². The van der Waals surface area contributed by atoms with E-state index in [1.54, 1.807) is 0 Å². The number of carbonyl (C=O) groups is 1. The molecular formula is C13H12F2N2O3. The first kappa shape index (κ1) is 14.1. The smallest absolute Gasteiger partial charge is 0.273 e. The van der Waals surface area contributed by atoms with E-state index in [9.17, 15) is 13.6 Å². The van der Waals surface area contributed by atoms with Gasteiger partial charge in [-0.2, -0.15) is 0 Å². The molecule has 0 saturated carbocycles. The molecule has 0 spiro atoms. The first-order chi connectivity index (χ1) is 9.61. The van der Waals surface area contributed by atoms with Gasteiger partial charge < -0.3 is 14.6 Å². The number of hydrogen-bond acceptors (Lipinski definition) is 4. The van der Waals surface area contributed by atoms with E-state index in [0.29, 0.717) is 18.7 Å². The van der Waals surface area contributed by atoms with E-state index in [4.69, 9.17) is 9.26 Å². The molecule has 1 amide bonds. The number of aromatic nitrogens is 1. The monoisotopic (exact) mass is 282 g/mol. The number of halogens is 2. The highest BCUT2D eigenvalue weighted by Gasteiger charge is 2.14. The second-order valence-electron chi connectivity index (χ2n) is 3.95. The van der Waals surface area contributed by atoms with E-state index in [1.165, 1.54) is 19.2 Å². The molecule has 0 unspecified atom stereocenters. The predicted molar refractivity (Wildman–Crippen MR) is 66.1 cm³/mol. The fourth-order valence-corrected chi connectivity index (χ4v) is 1.52. The standard InChI is InChI=1S/C13H12F2N2O3/c1-19-5-4-16-13(18)11-7-12(20-17-11)8-2-3-9(14)10(15)6-8/h2-3,6-7H,4-5H2,1H3,(H,16,18). The van der Waals surface area contributed by atoms with Crippen LogP contribution in [0, 0.1) is 11.6 Å². The Labute approximate surface area is 113 Å². The number of benzene rings is 1. The third-order valence-electron chi connectivity index (χ3n) is 2.54. The molecule has 0 fully saturated rings. The van der Waals surface area contributed by atoms with E-state index in [-0.39, 0.29) is 11.5 Å². The second kappa shape index (κ2) is 6.25. The van der Waals surface area contributed by atoms with E-state index in [1.807, 2.05) is 0 Å². The van der Waals surface area contributed by atoms with Gasteiger partial charge in [0.25, 0.3) is 5.91 Å². The van der Waals surface area contributed by atoms with Crippen molar-refractivity contribution in [3.05, 3.63) is 41.6 Å². The number of methoxy groups -OCH3 is 1. The highest BCUT2D eigenvalue weighted by atomic mass is 19.2. The van der Waals surface area contributed by atoms with Crippen LogP contribution in [0.1, 0.15) is 10.5 Å². The molecule has 2 rings (SSSR count). The lowest BCUT2D eigenvalue weighted by Crippen LogP contribution is -2.27. The van der Waals surface area contributed by atoms with Crippen molar-refractivity contribution in [3.8, 4) is 11.3 Å². The van der Waals surface area contributed by atoms with Crippen molar-refractivity contribution in [2.75, 3.05) is 20.3 Å². The van der Waals surface area contributed by atoms with Crippen LogP contribution in [0.2, 0.25) is 0 Å². The van der Waals surface area contributed by atoms with Gasteiger partial charge >= 0.3 is 0 Å². The summed E-state index contributed by atoms with van der Waals surface area (Å²) in [5.41, 5.74) is 0.355. The lowest BCUT2D eigenvalue weighted by molar-refractivity contribution is 0.0928. The first-order valence-electron chi connectivity index (χ1n) is 5.81. The topological polar surface area (TPSA) is 64.4 Å². The zero-order chi connectivity index (χ0) is 14.5. The Bertz CT molecular complexity index is 613. The summed E-state index contributed by atoms with van der Waals surface area (Å²) in [6.45, 7) is 0.711. The predicted octanol–water partition coefficient (Wildman–Crippen LogP) is 2.00. The number of nitrogens with zero attached hydrogens (tertiary/aromatic N) is 1. The van der Waals surface area contributed by atoms with Gasteiger partial charge in [-0.15, -0.1) is 0 Å². The number of rotatable bonds is 5. The lowest BCUT2D eigenvalue weighted by Gasteiger charge is -2.00. The van der Waals surface area contributed by atoms with Crippen LogP contribution in [0.15, 0.2) is 28.8 Å². The third-order valence-corrected chi connectivity index (χ3v) is 2.54. The Balaban J connectivity index is 2.12. The first-order valence-corrected chi connectivity index (χ1v) is 5.81. The van der Waals surface area contributed by atoms with E-state index in [0.717, 1.165) is 12.1 Å². The third kappa shape index (κ3) is 3.18. The second-order valence-corrected chi connectivity index (χ2v) is 3.95. The highest BCUT2D eigenvalue weighted by molar-refractivity contribution is 5.93. The normalized spacial score (nSPS) is 10.6. The van der Waals surface area contributed by atoms with Crippen LogP contribution < -0.4 is 5.32 Å². The molecule has 0 bridgehead atoms. The Morgan fingerprint density at radius 1 is 1.35 bits per heavy atom. The molecule has 0 atom stereocenters. The van der Waals surface area contributed by atoms with E-state index >= 15 is 0 Å². The molecule has 5 nitrogen and oxygen atoms in total. The van der Waals surface area contributed by atoms with Crippen molar-refractivity contribution in [3.63, 3.8) is 0 Å². The molecule has 0 saturated heterocycles. The van der Waals surface area contributed by atoms with Crippen LogP contribution in [0.4, 0.5) is 8.78 Å². The van der Waals surface area contributed by atoms with Gasteiger partial charge in [-0.05, 0) is 18.2 Å². The number of nitrogens with one attached hydrogen (secondary N) is 1. The van der Waals surface area contributed by atoms with Crippen molar-refractivity contribution < 1.29 is 22.8 Å². The molecule has 1 N–H and O–H groups in total. The molecule has 106 valence electrons. The molecule has 1 aromatic carbocycles. The largest absolute Gasteiger partial charge is 0.383 e. The van der Waals surface area contributed by atoms with Gasteiger partial charge in [0.05, 0.1) is 6.61 Å². The molecule has 7 heteroatoms. The molecule has 0 aliphatic rings. The minimum atomic E-state index is -0.995. The Kier molecular flexibility index (Phi) is 4.41. The maximum atomic E-state index is 13.1. The van der Waals surface area contributed by atoms with Crippen LogP contribution in [-0.2, 0) is 4.74 Å². The number of hydrogen-bond donors (Lipinski definition) is 1. The molecule has 0 aliphatic heterocycles. The Morgan fingerprint density at radius 3 is 2.85 bits per heavy atom. The maximum absolute atomic E-state index is 13.1. The average molecular weight is 282 g/mol. The molecular weight excluding hydrogens is 270 g/mol. The zero-order valence-corrected chi connectivity index (χ0v) is 10.7. The summed E-state index contributed by atoms with van der Waals surface area (Å²) in [6, 6.07) is 4.65. The van der Waals surface area contributed by atoms with Gasteiger partial charge in [0.2, 0.25) is 0 Å². The van der Waals surface area contributed by atoms with Crippen molar-refractivity contribution in [2.45, 2.75) is 0 Å². The highest BCUT2D eigenvalue weighted by Crippen LogP contribution is 2.22. The van der Waals surface area contributed by atoms with Crippen LogP contribution in [-0.4, -0.2) is 31.3 Å². The van der Waals surface area contributed by atoms with Crippen molar-refractivity contribution in [2.24, 2.45) is 0 Å². The quantitative estimate of drug-likeness (QED) is 0.852. The van der Waals surface area contributed by atoms with E-state index in [2.05, 4.69) is 10.5 Å². The van der Waals surface area contributed by atoms with Gasteiger partial charge in [-0.25, -0.2) is 8.78 Å². The molecule has 1 heterocycles. The molecule has 2 aromatic rings. The van der Waals surface area contributed by atoms with Crippen molar-refractivity contribution in [1.29, 1.82) is 0 Å². The molecule has 20 heavy (non-hydrogen) atoms. The van der Waals surface area contributed by atoms with Crippen molar-refractivity contribution >= 4 is 5.91 Å². The fourth-order valence-electron chi connectivity index (χ4n) is 1.52. The zero-order valence-electron chi connectivity index (χ0n) is 10.7. The SMILES string of the molecule is COCCNC(=O)c1cc(-c2ccc(F)c(F)c2)on1. The van der Waals surface area contributed by atoms with Gasteiger partial charge in [0.15, 0.2) is 23.1 Å². The summed E-state index contributed by atoms with van der Waals surface area (Å²) >= 11 is 0. The Morgan fingerprint density at radius 2 is 2.15 bits per heavy atom. The Hall–Kier alpha value is -2.28. The summed E-state index contributed by atoms with van der Waals surface area (Å²) in [7, 11) is 1.52. The fraction of sp³-hybridized carbons (Fsp3) is 0.231. The van der Waals surface area contributed by atoms with Gasteiger partial charge in [-0.1, -0.05) is 5.16 Å². The number of amides is 1. The van der Waals surface area contributed by atoms with Crippen LogP contribution in [0.3, 0.4) is 0 Å². The molecule has 1 aromatic heterocycles. The summed E-state index contributed by atoms with van der Waals surface area (Å²) < 4.78 is 35.7. The summed E-state index contributed by atoms with van der Waals surface area (Å²) in [5.74, 6) is -2.20.